The Kier molecular flexibility index (Phi) is 7.13. The summed E-state index contributed by atoms with van der Waals surface area (Å²) in [4.78, 5) is 7.81. The zero-order valence-electron chi connectivity index (χ0n) is 17.0. The highest BCUT2D eigenvalue weighted by molar-refractivity contribution is 6.12. The van der Waals surface area contributed by atoms with E-state index in [2.05, 4.69) is 25.7 Å². The smallest absolute Gasteiger partial charge is 0.370 e. The van der Waals surface area contributed by atoms with Crippen LogP contribution in [0.25, 0.3) is 0 Å². The molecular weight excluding hydrogens is 399 g/mol. The second kappa shape index (κ2) is 9.20. The minimum Gasteiger partial charge on any atom is -0.370 e. The first kappa shape index (κ1) is 23.3. The van der Waals surface area contributed by atoms with E-state index in [0.717, 1.165) is 31.5 Å². The van der Waals surface area contributed by atoms with Crippen LogP contribution in [-0.2, 0) is 11.7 Å². The lowest BCUT2D eigenvalue weighted by Gasteiger charge is -2.14. The van der Waals surface area contributed by atoms with Crippen LogP contribution in [0, 0.1) is 10.8 Å². The van der Waals surface area contributed by atoms with Gasteiger partial charge in [0.1, 0.15) is 17.2 Å². The molecule has 0 aliphatic heterocycles. The van der Waals surface area contributed by atoms with Gasteiger partial charge in [-0.05, 0) is 33.6 Å². The molecule has 164 valence electrons. The number of nitrogens with zero attached hydrogens (tertiary/aromatic N) is 4. The van der Waals surface area contributed by atoms with Gasteiger partial charge in [0.2, 0.25) is 5.95 Å². The molecule has 0 unspecified atom stereocenters. The molecule has 1 fully saturated rings. The Morgan fingerprint density at radius 2 is 1.90 bits per heavy atom. The summed E-state index contributed by atoms with van der Waals surface area (Å²) in [6.45, 7) is 5.70. The number of rotatable bonds is 7. The van der Waals surface area contributed by atoms with E-state index in [9.17, 15) is 13.2 Å². The van der Waals surface area contributed by atoms with Crippen molar-refractivity contribution < 1.29 is 13.2 Å². The second-order valence-electron chi connectivity index (χ2n) is 7.25. The van der Waals surface area contributed by atoms with Crippen molar-refractivity contribution in [1.82, 2.24) is 19.7 Å². The summed E-state index contributed by atoms with van der Waals surface area (Å²) in [5, 5.41) is 22.3. The molecule has 12 heteroatoms. The summed E-state index contributed by atoms with van der Waals surface area (Å²) in [5.41, 5.74) is 5.27. The molecule has 0 atom stereocenters. The van der Waals surface area contributed by atoms with Gasteiger partial charge in [-0.2, -0.15) is 23.3 Å². The number of halogens is 3. The average Bonchev–Trinajstić information content (AvgIpc) is 3.41. The summed E-state index contributed by atoms with van der Waals surface area (Å²) in [6.07, 6.45) is 0.0795. The van der Waals surface area contributed by atoms with Gasteiger partial charge in [0.05, 0.1) is 17.3 Å². The van der Waals surface area contributed by atoms with E-state index in [1.807, 2.05) is 13.8 Å². The zero-order chi connectivity index (χ0) is 22.5. The van der Waals surface area contributed by atoms with Crippen molar-refractivity contribution in [2.75, 3.05) is 17.2 Å². The quantitative estimate of drug-likeness (QED) is 0.429. The molecule has 3 rings (SSSR count). The highest BCUT2D eigenvalue weighted by Gasteiger charge is 2.35. The molecule has 1 aliphatic carbocycles. The number of nitrogens with one attached hydrogen (secondary N) is 4. The maximum absolute atomic E-state index is 13.1. The van der Waals surface area contributed by atoms with Gasteiger partial charge in [-0.1, -0.05) is 0 Å². The molecule has 0 aromatic carbocycles. The minimum absolute atomic E-state index is 0.0668. The van der Waals surface area contributed by atoms with Crippen LogP contribution < -0.4 is 16.4 Å². The van der Waals surface area contributed by atoms with Crippen molar-refractivity contribution in [3.05, 3.63) is 23.5 Å². The van der Waals surface area contributed by atoms with Crippen molar-refractivity contribution in [1.29, 1.82) is 10.8 Å². The van der Waals surface area contributed by atoms with Crippen LogP contribution in [0.1, 0.15) is 50.9 Å². The van der Waals surface area contributed by atoms with Gasteiger partial charge < -0.3 is 27.2 Å². The number of aromatic nitrogens is 4. The van der Waals surface area contributed by atoms with Crippen LogP contribution >= 0.6 is 0 Å². The standard InChI is InChI=1S/C16H22F3N7.C2H4N2/c1-4-21-13-10(16(17,18)19)8-22-14(24-13)23-12-7-11(15(2,3)20)25-26(12)9-5-6-9;3-1-2-4/h7-9H,4-6,20H2,1-3H3,(H2,21,22,23,24);1-4H. The van der Waals surface area contributed by atoms with Gasteiger partial charge in [0.25, 0.3) is 0 Å². The topological polar surface area (TPSA) is 141 Å². The molecule has 0 saturated heterocycles. The number of nitrogens with two attached hydrogens (primary N) is 1. The van der Waals surface area contributed by atoms with Gasteiger partial charge in [-0.15, -0.1) is 0 Å². The molecular formula is C18H26F3N9. The van der Waals surface area contributed by atoms with Crippen molar-refractivity contribution >= 4 is 30.0 Å². The van der Waals surface area contributed by atoms with Crippen molar-refractivity contribution in [2.24, 2.45) is 5.73 Å². The van der Waals surface area contributed by atoms with E-state index in [1.165, 1.54) is 0 Å². The maximum atomic E-state index is 13.1. The minimum atomic E-state index is -4.53. The largest absolute Gasteiger partial charge is 0.421 e. The van der Waals surface area contributed by atoms with E-state index in [1.54, 1.807) is 17.7 Å². The van der Waals surface area contributed by atoms with Crippen LogP contribution in [0.3, 0.4) is 0 Å². The van der Waals surface area contributed by atoms with Crippen molar-refractivity contribution in [3.8, 4) is 0 Å². The summed E-state index contributed by atoms with van der Waals surface area (Å²) in [5.74, 6) is 0.426. The van der Waals surface area contributed by atoms with Crippen LogP contribution in [0.5, 0.6) is 0 Å². The van der Waals surface area contributed by atoms with Crippen LogP contribution in [0.4, 0.5) is 30.8 Å². The Morgan fingerprint density at radius 3 is 2.37 bits per heavy atom. The van der Waals surface area contributed by atoms with Gasteiger partial charge in [-0.25, -0.2) is 9.67 Å². The number of hydrogen-bond acceptors (Lipinski definition) is 8. The molecule has 0 radical (unpaired) electrons. The molecule has 2 aromatic rings. The SMILES string of the molecule is CCNc1nc(Nc2cc(C(C)(C)N)nn2C2CC2)ncc1C(F)(F)F.N=CC=N. The van der Waals surface area contributed by atoms with E-state index in [-0.39, 0.29) is 17.8 Å². The lowest BCUT2D eigenvalue weighted by atomic mass is 10.0. The Labute approximate surface area is 172 Å². The van der Waals surface area contributed by atoms with Crippen LogP contribution in [0.2, 0.25) is 0 Å². The van der Waals surface area contributed by atoms with Crippen molar-refractivity contribution in [3.63, 3.8) is 0 Å². The molecule has 9 nitrogen and oxygen atoms in total. The first-order valence-electron chi connectivity index (χ1n) is 9.34. The number of alkyl halides is 3. The van der Waals surface area contributed by atoms with Gasteiger partial charge in [0, 0.05) is 31.2 Å². The Balaban J connectivity index is 0.000000735. The van der Waals surface area contributed by atoms with E-state index >= 15 is 0 Å². The fraction of sp³-hybridized carbons (Fsp3) is 0.500. The molecule has 30 heavy (non-hydrogen) atoms. The molecule has 0 spiro atoms. The van der Waals surface area contributed by atoms with E-state index in [0.29, 0.717) is 18.1 Å². The normalized spacial score (nSPS) is 13.8. The van der Waals surface area contributed by atoms with Gasteiger partial charge >= 0.3 is 6.18 Å². The molecule has 1 saturated carbocycles. The molecule has 2 heterocycles. The maximum Gasteiger partial charge on any atom is 0.421 e. The first-order chi connectivity index (χ1) is 14.0. The Bertz CT molecular complexity index is 874. The lowest BCUT2D eigenvalue weighted by molar-refractivity contribution is -0.137. The summed E-state index contributed by atoms with van der Waals surface area (Å²) in [7, 11) is 0. The fourth-order valence-electron chi connectivity index (χ4n) is 2.47. The first-order valence-corrected chi connectivity index (χ1v) is 9.34. The number of hydrogen-bond donors (Lipinski definition) is 5. The molecule has 6 N–H and O–H groups in total. The predicted molar refractivity (Wildman–Crippen MR) is 110 cm³/mol. The summed E-state index contributed by atoms with van der Waals surface area (Å²) in [6, 6.07) is 2.04. The van der Waals surface area contributed by atoms with Crippen LogP contribution in [0.15, 0.2) is 12.3 Å². The third-order valence-corrected chi connectivity index (χ3v) is 4.05. The fourth-order valence-corrected chi connectivity index (χ4v) is 2.47. The molecule has 1 aliphatic rings. The average molecular weight is 425 g/mol. The molecule has 0 bridgehead atoms. The predicted octanol–water partition coefficient (Wildman–Crippen LogP) is 3.68. The third kappa shape index (κ3) is 5.99. The number of anilines is 3. The Morgan fingerprint density at radius 1 is 1.27 bits per heavy atom. The highest BCUT2D eigenvalue weighted by atomic mass is 19.4. The summed E-state index contributed by atoms with van der Waals surface area (Å²) >= 11 is 0. The van der Waals surface area contributed by atoms with Crippen molar-refractivity contribution in [2.45, 2.75) is 51.4 Å². The molecule has 2 aromatic heterocycles. The zero-order valence-corrected chi connectivity index (χ0v) is 17.0. The molecule has 0 amide bonds. The second-order valence-corrected chi connectivity index (χ2v) is 7.25. The Hall–Kier alpha value is -3.02. The van der Waals surface area contributed by atoms with E-state index in [4.69, 9.17) is 16.6 Å². The highest BCUT2D eigenvalue weighted by Crippen LogP contribution is 2.39. The van der Waals surface area contributed by atoms with E-state index < -0.39 is 17.3 Å². The monoisotopic (exact) mass is 425 g/mol. The van der Waals surface area contributed by atoms with Gasteiger partial charge in [-0.3, -0.25) is 0 Å². The van der Waals surface area contributed by atoms with Gasteiger partial charge in [0.15, 0.2) is 0 Å². The summed E-state index contributed by atoms with van der Waals surface area (Å²) < 4.78 is 41.0. The van der Waals surface area contributed by atoms with Crippen LogP contribution in [-0.4, -0.2) is 38.7 Å². The lowest BCUT2D eigenvalue weighted by Crippen LogP contribution is -2.29. The third-order valence-electron chi connectivity index (χ3n) is 4.05.